The number of esters is 3. The van der Waals surface area contributed by atoms with Gasteiger partial charge in [0, 0.05) is 102 Å². The van der Waals surface area contributed by atoms with Crippen LogP contribution in [0.1, 0.15) is 114 Å². The lowest BCUT2D eigenvalue weighted by Crippen LogP contribution is -2.47. The molecule has 6 fully saturated rings. The van der Waals surface area contributed by atoms with Gasteiger partial charge in [0.05, 0.1) is 77.5 Å². The number of alkyl halides is 15. The lowest BCUT2D eigenvalue weighted by molar-refractivity contribution is -0.242. The second kappa shape index (κ2) is 43.8. The molecule has 30 nitrogen and oxygen atoms in total. The summed E-state index contributed by atoms with van der Waals surface area (Å²) in [4.78, 5) is 129. The van der Waals surface area contributed by atoms with Gasteiger partial charge in [-0.3, -0.25) is 66.1 Å². The van der Waals surface area contributed by atoms with Gasteiger partial charge in [0.2, 0.25) is 23.6 Å². The van der Waals surface area contributed by atoms with Gasteiger partial charge in [-0.1, -0.05) is 63.8 Å². The minimum atomic E-state index is -4.50. The van der Waals surface area contributed by atoms with Gasteiger partial charge in [-0.15, -0.1) is 0 Å². The normalized spacial score (nSPS) is 18.2. The molecule has 8 aromatic rings. The molecule has 1 saturated carbocycles. The minimum Gasteiger partial charge on any atom is -0.481 e. The van der Waals surface area contributed by atoms with Gasteiger partial charge in [0.15, 0.2) is 16.6 Å². The number of H-pyrrole nitrogens is 1. The van der Waals surface area contributed by atoms with Crippen molar-refractivity contribution >= 4 is 105 Å². The van der Waals surface area contributed by atoms with E-state index >= 15 is 0 Å². The molecule has 5 aromatic carbocycles. The number of imidazole rings is 1. The van der Waals surface area contributed by atoms with E-state index in [1.165, 1.54) is 79.9 Å². The predicted molar refractivity (Wildman–Crippen MR) is 454 cm³/mol. The number of aliphatic hydroxyl groups is 1. The third-order valence-corrected chi connectivity index (χ3v) is 23.2. The number of aryl methyl sites for hydroxylation is 1. The maximum absolute atomic E-state index is 13.3. The molecule has 726 valence electrons. The molecule has 3 aromatic heterocycles. The number of carbonyl (C=O) groups excluding carboxylic acids is 7. The Morgan fingerprint density at radius 2 is 0.977 bits per heavy atom. The lowest BCUT2D eigenvalue weighted by atomic mass is 10.1. The highest BCUT2D eigenvalue weighted by atomic mass is 32.2. The predicted octanol–water partition coefficient (Wildman–Crippen LogP) is 14.6. The van der Waals surface area contributed by atoms with E-state index < -0.39 is 153 Å². The zero-order chi connectivity index (χ0) is 99.1. The number of halogens is 15. The van der Waals surface area contributed by atoms with E-state index in [-0.39, 0.29) is 105 Å². The number of aromatic amines is 1. The molecule has 5 saturated heterocycles. The van der Waals surface area contributed by atoms with Crippen LogP contribution in [0.2, 0.25) is 25.7 Å². The van der Waals surface area contributed by atoms with Crippen LogP contribution in [0.4, 0.5) is 94.3 Å². The Hall–Kier alpha value is -12.0. The van der Waals surface area contributed by atoms with E-state index in [2.05, 4.69) is 34.0 Å². The number of nitrogens with one attached hydrogen (secondary N) is 1. The minimum absolute atomic E-state index is 0.0728. The summed E-state index contributed by atoms with van der Waals surface area (Å²) in [5, 5.41) is 24.6. The molecule has 6 aliphatic rings. The fourth-order valence-corrected chi connectivity index (χ4v) is 15.0. The fraction of sp³-hybridized carbons (Fsp3) is 0.465. The number of fused-ring (bicyclic) bond motifs is 1. The number of aliphatic carboxylic acids is 1. The number of anilines is 5. The average molecular weight is 1930 g/mol. The summed E-state index contributed by atoms with van der Waals surface area (Å²) in [5.41, 5.74) is 1.85. The maximum atomic E-state index is 13.3. The van der Waals surface area contributed by atoms with Crippen molar-refractivity contribution in [3.8, 4) is 11.4 Å². The first kappa shape index (κ1) is 106. The summed E-state index contributed by atoms with van der Waals surface area (Å²) in [6.07, 6.45) is -14.2. The Morgan fingerprint density at radius 3 is 1.35 bits per heavy atom. The summed E-state index contributed by atoms with van der Waals surface area (Å²) in [5.74, 6) is -8.48. The van der Waals surface area contributed by atoms with Crippen LogP contribution in [0.15, 0.2) is 143 Å². The second-order valence-corrected chi connectivity index (χ2v) is 40.0. The number of amides is 4. The third-order valence-electron chi connectivity index (χ3n) is 21.0. The molecule has 1 spiro atoms. The van der Waals surface area contributed by atoms with Crippen molar-refractivity contribution in [2.45, 2.75) is 168 Å². The van der Waals surface area contributed by atoms with E-state index in [4.69, 9.17) is 39.9 Å². The second-order valence-electron chi connectivity index (χ2n) is 32.7. The first-order valence-electron chi connectivity index (χ1n) is 41.4. The van der Waals surface area contributed by atoms with Crippen molar-refractivity contribution in [3.05, 3.63) is 182 Å². The Kier molecular flexibility index (Phi) is 35.0. The molecule has 14 rings (SSSR count). The molecule has 1 aliphatic carbocycles. The zero-order valence-electron chi connectivity index (χ0n) is 73.2. The van der Waals surface area contributed by atoms with Gasteiger partial charge in [0.25, 0.3) is 21.5 Å². The van der Waals surface area contributed by atoms with Crippen LogP contribution in [0.25, 0.3) is 22.6 Å². The molecular weight excluding hydrogens is 1840 g/mol. The highest BCUT2D eigenvalue weighted by Gasteiger charge is 2.64. The van der Waals surface area contributed by atoms with E-state index in [1.54, 1.807) is 42.3 Å². The van der Waals surface area contributed by atoms with Crippen LogP contribution < -0.4 is 36.6 Å². The monoisotopic (exact) mass is 1930 g/mol. The molecule has 133 heavy (non-hydrogen) atoms. The van der Waals surface area contributed by atoms with Crippen molar-refractivity contribution in [2.24, 2.45) is 29.1 Å². The maximum Gasteiger partial charge on any atom is 0.416 e. The summed E-state index contributed by atoms with van der Waals surface area (Å²) < 4.78 is 239. The smallest absolute Gasteiger partial charge is 0.416 e. The molecule has 4 atom stereocenters. The molecule has 4 amide bonds. The van der Waals surface area contributed by atoms with Crippen molar-refractivity contribution < 1.29 is 146 Å². The molecule has 47 heteroatoms. The summed E-state index contributed by atoms with van der Waals surface area (Å²) in [6.45, 7) is 17.7. The van der Waals surface area contributed by atoms with Gasteiger partial charge in [-0.2, -0.15) is 79.4 Å². The third kappa shape index (κ3) is 28.3. The molecule has 5 N–H and O–H groups in total. The standard InChI is InChI=1S/C20H32N6O3Si.C14H14F3NO3.C13H14F3NO4S.C12H10F3NO3.C12H12F3NO2.C8H10O4.C7H6F3N/c1-6-8-24-18-16(19(27)25(9-7-2)20(24)28)26(14-29-10-11-30(3,4)5)17(23-18)15-12-21-22-13-15;1-2-21-13(20)11-6-7-18(12(11)19)10-5-3-4-9(8-10)14(15,16)17;1-22(19,20)21-8-9-5-6-17(12(9)18)11-4-2-3-10(7-11)13(14,15)16;13-12(14,15)7-2-1-3-8(6-7)16-5-4-9(10(16)17)11(18)19;13-12(14,15)9-2-1-3-10(6-9)16-5-4-8(7-17)11(16)18;1-7(2)11-5(9)8(3-4-8)6(10)12-7;8-7(9,10)5-2-1-3-6(11)4-5/h12-13H,6-11,14H2,1-5H3,(H,21,22);3-5,8,11H,2,6-7H2,1H3;2-4,7,9H,5-6,8H2,1H3;1-3,6,9H,4-5H2,(H,18,19);1-3,6,8,17H,4-5,7H2;3-4H2,1-2H3;1-4H,11H2. The Bertz CT molecular complexity index is 5690. The Labute approximate surface area is 752 Å². The number of hydrogen-bond donors (Lipinski definition) is 4. The average Bonchev–Trinajstić information content (AvgIpc) is 1.58. The Balaban J connectivity index is 0.000000195. The van der Waals surface area contributed by atoms with Crippen molar-refractivity contribution in [1.29, 1.82) is 0 Å². The van der Waals surface area contributed by atoms with Crippen LogP contribution >= 0.6 is 0 Å². The zero-order valence-corrected chi connectivity index (χ0v) is 75.0. The number of carbonyl (C=O) groups is 8. The van der Waals surface area contributed by atoms with Gasteiger partial charge in [0.1, 0.15) is 24.4 Å². The summed E-state index contributed by atoms with van der Waals surface area (Å²) in [7, 11) is -4.90. The number of nitrogens with zero attached hydrogens (tertiary/aromatic N) is 9. The van der Waals surface area contributed by atoms with Crippen molar-refractivity contribution in [1.82, 2.24) is 28.9 Å². The lowest BCUT2D eigenvalue weighted by Gasteiger charge is -2.32. The van der Waals surface area contributed by atoms with E-state index in [9.17, 15) is 122 Å². The topological polar surface area (TPSA) is 387 Å². The van der Waals surface area contributed by atoms with E-state index in [0.717, 1.165) is 89.8 Å². The number of nitrogen functional groups attached to an aromatic ring is 1. The number of carboxylic acids is 1. The van der Waals surface area contributed by atoms with Crippen LogP contribution in [0.3, 0.4) is 0 Å². The molecular formula is C86H98F15N11O19SSi. The first-order chi connectivity index (χ1) is 61.9. The number of benzene rings is 5. The van der Waals surface area contributed by atoms with Gasteiger partial charge in [-0.05, 0) is 155 Å². The number of ether oxygens (including phenoxy) is 4. The quantitative estimate of drug-likeness (QED) is 0.00987. The van der Waals surface area contributed by atoms with Crippen LogP contribution in [-0.4, -0.2) is 168 Å². The number of nitrogens with two attached hydrogens (primary N) is 1. The largest absolute Gasteiger partial charge is 0.481 e. The number of cyclic esters (lactones) is 2. The highest BCUT2D eigenvalue weighted by molar-refractivity contribution is 7.86. The van der Waals surface area contributed by atoms with Gasteiger partial charge in [-0.25, -0.2) is 9.78 Å². The Morgan fingerprint density at radius 1 is 0.571 bits per heavy atom. The first-order valence-corrected chi connectivity index (χ1v) is 46.9. The van der Waals surface area contributed by atoms with E-state index in [0.29, 0.717) is 75.3 Å². The van der Waals surface area contributed by atoms with Crippen molar-refractivity contribution in [2.75, 3.05) is 84.2 Å². The number of hydrogen-bond acceptors (Lipinski definition) is 21. The fourth-order valence-electron chi connectivity index (χ4n) is 13.9. The van der Waals surface area contributed by atoms with E-state index in [1.807, 2.05) is 13.8 Å². The number of aliphatic hydroxyl groups excluding tert-OH is 1. The molecule has 0 bridgehead atoms. The number of carboxylic acid groups (broad SMARTS) is 1. The molecule has 5 aliphatic heterocycles. The SMILES string of the molecule is CC1(C)OC(=O)C2(CC2)C(=O)O1.CCCn1c(=O)c2c(nc(-c3cn[nH]c3)n2COCC[Si](C)(C)C)n(CCC)c1=O.CCOC(=O)C1CCN(c2cccc(C(F)(F)F)c2)C1=O.CS(=O)(=O)OCC1CCN(c2cccc(C(F)(F)F)c2)C1=O.Nc1cccc(C(F)(F)F)c1.O=C(O)C1CCN(c2cccc(C(F)(F)F)c2)C1=O.O=C1C(CO)CCN1c1cccc(C(F)(F)F)c1. The van der Waals surface area contributed by atoms with Crippen LogP contribution in [0.5, 0.6) is 0 Å². The number of rotatable bonds is 21. The van der Waals surface area contributed by atoms with Gasteiger partial charge >= 0.3 is 60.4 Å². The van der Waals surface area contributed by atoms with Gasteiger partial charge < -0.3 is 54.5 Å². The van der Waals surface area contributed by atoms with Crippen LogP contribution in [0, 0.1) is 29.1 Å². The molecule has 8 heterocycles. The summed E-state index contributed by atoms with van der Waals surface area (Å²) in [6, 6.07) is 23.5. The summed E-state index contributed by atoms with van der Waals surface area (Å²) >= 11 is 0. The highest BCUT2D eigenvalue weighted by Crippen LogP contribution is 2.52. The van der Waals surface area contributed by atoms with Crippen molar-refractivity contribution in [3.63, 3.8) is 0 Å². The molecule has 0 radical (unpaired) electrons. The number of aromatic nitrogens is 6. The van der Waals surface area contributed by atoms with Crippen LogP contribution in [-0.2, 0) is 122 Å². The molecule has 4 unspecified atom stereocenters.